The Morgan fingerprint density at radius 2 is 2.21 bits per heavy atom. The topological polar surface area (TPSA) is 94.0 Å². The first-order valence-electron chi connectivity index (χ1n) is 11.9. The molecule has 9 heteroatoms. The van der Waals surface area contributed by atoms with Crippen LogP contribution in [0.25, 0.3) is 15.9 Å². The lowest BCUT2D eigenvalue weighted by atomic mass is 10.0. The molecule has 0 spiro atoms. The van der Waals surface area contributed by atoms with Gasteiger partial charge >= 0.3 is 0 Å². The summed E-state index contributed by atoms with van der Waals surface area (Å²) in [4.78, 5) is 13.0. The van der Waals surface area contributed by atoms with Crippen LogP contribution in [0, 0.1) is 5.21 Å². The number of pyridine rings is 1. The van der Waals surface area contributed by atoms with E-state index in [2.05, 4.69) is 23.2 Å². The van der Waals surface area contributed by atoms with Gasteiger partial charge in [-0.05, 0) is 48.4 Å². The van der Waals surface area contributed by atoms with E-state index in [-0.39, 0.29) is 6.04 Å². The number of nitrogens with two attached hydrogens (primary N) is 1. The number of anilines is 1. The van der Waals surface area contributed by atoms with Crippen molar-refractivity contribution < 1.29 is 4.73 Å². The van der Waals surface area contributed by atoms with E-state index in [1.54, 1.807) is 0 Å². The molecule has 0 bridgehead atoms. The summed E-state index contributed by atoms with van der Waals surface area (Å²) in [6.07, 6.45) is 3.34. The smallest absolute Gasteiger partial charge is 0.225 e. The minimum absolute atomic E-state index is 0.144. The van der Waals surface area contributed by atoms with E-state index < -0.39 is 0 Å². The average Bonchev–Trinajstić information content (AvgIpc) is 3.42. The summed E-state index contributed by atoms with van der Waals surface area (Å²) in [7, 11) is 0. The van der Waals surface area contributed by atoms with Crippen molar-refractivity contribution in [3.63, 3.8) is 0 Å². The number of nitrogens with zero attached hydrogens (tertiary/aromatic N) is 4. The van der Waals surface area contributed by atoms with Crippen LogP contribution in [0.5, 0.6) is 0 Å². The summed E-state index contributed by atoms with van der Waals surface area (Å²) in [6.45, 7) is 5.33. The zero-order valence-electron chi connectivity index (χ0n) is 19.1. The van der Waals surface area contributed by atoms with Crippen molar-refractivity contribution in [1.29, 1.82) is 0 Å². The molecule has 34 heavy (non-hydrogen) atoms. The Balaban J connectivity index is 1.39. The number of fused-ring (bicyclic) bond motifs is 3. The van der Waals surface area contributed by atoms with Crippen molar-refractivity contribution >= 4 is 45.1 Å². The highest BCUT2D eigenvalue weighted by molar-refractivity contribution is 7.99. The molecule has 6 rings (SSSR count). The van der Waals surface area contributed by atoms with Crippen molar-refractivity contribution in [3.05, 3.63) is 57.6 Å². The summed E-state index contributed by atoms with van der Waals surface area (Å²) in [5.74, 6) is 0.884. The van der Waals surface area contributed by atoms with E-state index in [1.807, 2.05) is 18.2 Å². The SMILES string of the molecule is CCC1=C(Cl)c2c(nc(Sc3ccc4cc5c([n+]([O-])c4c3)CCNC5)nc2N2CC[C@@H](N)C2)C1. The van der Waals surface area contributed by atoms with Crippen LogP contribution in [-0.4, -0.2) is 35.6 Å². The number of halogens is 1. The Hall–Kier alpha value is -2.39. The lowest BCUT2D eigenvalue weighted by molar-refractivity contribution is -0.586. The minimum atomic E-state index is 0.144. The molecule has 1 fully saturated rings. The van der Waals surface area contributed by atoms with Gasteiger partial charge in [-0.1, -0.05) is 18.5 Å². The molecule has 176 valence electrons. The Bertz CT molecular complexity index is 1340. The van der Waals surface area contributed by atoms with E-state index in [1.165, 1.54) is 17.3 Å². The van der Waals surface area contributed by atoms with Crippen molar-refractivity contribution in [3.8, 4) is 0 Å². The predicted molar refractivity (Wildman–Crippen MR) is 136 cm³/mol. The van der Waals surface area contributed by atoms with Gasteiger partial charge in [-0.3, -0.25) is 0 Å². The fraction of sp³-hybridized carbons (Fsp3) is 0.400. The van der Waals surface area contributed by atoms with Gasteiger partial charge in [-0.15, -0.1) is 0 Å². The number of allylic oxidation sites excluding steroid dienone is 1. The number of aromatic nitrogens is 3. The first kappa shape index (κ1) is 22.1. The molecule has 0 radical (unpaired) electrons. The maximum Gasteiger partial charge on any atom is 0.225 e. The van der Waals surface area contributed by atoms with E-state index >= 15 is 0 Å². The van der Waals surface area contributed by atoms with Gasteiger partial charge in [-0.25, -0.2) is 9.97 Å². The fourth-order valence-electron chi connectivity index (χ4n) is 5.20. The molecule has 3 aromatic rings. The van der Waals surface area contributed by atoms with Crippen LogP contribution in [0.3, 0.4) is 0 Å². The lowest BCUT2D eigenvalue weighted by Gasteiger charge is -2.21. The fourth-order valence-corrected chi connectivity index (χ4v) is 6.40. The minimum Gasteiger partial charge on any atom is -0.618 e. The number of nitrogens with one attached hydrogen (secondary N) is 1. The van der Waals surface area contributed by atoms with Crippen molar-refractivity contribution in [1.82, 2.24) is 15.3 Å². The van der Waals surface area contributed by atoms with E-state index in [0.29, 0.717) is 10.7 Å². The maximum absolute atomic E-state index is 13.1. The van der Waals surface area contributed by atoms with Gasteiger partial charge in [0.15, 0.2) is 10.9 Å². The van der Waals surface area contributed by atoms with Crippen molar-refractivity contribution in [2.75, 3.05) is 24.5 Å². The van der Waals surface area contributed by atoms with E-state index in [9.17, 15) is 5.21 Å². The second-order valence-electron chi connectivity index (χ2n) is 9.25. The average molecular weight is 495 g/mol. The number of hydrogen-bond acceptors (Lipinski definition) is 7. The Morgan fingerprint density at radius 3 is 3.00 bits per heavy atom. The van der Waals surface area contributed by atoms with E-state index in [4.69, 9.17) is 27.3 Å². The molecule has 3 N–H and O–H groups in total. The quantitative estimate of drug-likeness (QED) is 0.325. The van der Waals surface area contributed by atoms with Crippen molar-refractivity contribution in [2.24, 2.45) is 5.73 Å². The van der Waals surface area contributed by atoms with Crippen LogP contribution in [0.4, 0.5) is 5.82 Å². The van der Waals surface area contributed by atoms with Crippen LogP contribution in [0.1, 0.15) is 42.3 Å². The summed E-state index contributed by atoms with van der Waals surface area (Å²) in [5.41, 5.74) is 12.0. The zero-order valence-corrected chi connectivity index (χ0v) is 20.7. The molecule has 7 nitrogen and oxygen atoms in total. The summed E-state index contributed by atoms with van der Waals surface area (Å²) in [6, 6.07) is 8.29. The molecular weight excluding hydrogens is 468 g/mol. The molecular formula is C25H27ClN6OS. The maximum atomic E-state index is 13.1. The number of rotatable bonds is 4. The van der Waals surface area contributed by atoms with Gasteiger partial charge in [-0.2, -0.15) is 4.73 Å². The molecule has 0 amide bonds. The summed E-state index contributed by atoms with van der Waals surface area (Å²) >= 11 is 8.27. The predicted octanol–water partition coefficient (Wildman–Crippen LogP) is 3.51. The Morgan fingerprint density at radius 1 is 1.32 bits per heavy atom. The first-order valence-corrected chi connectivity index (χ1v) is 13.1. The van der Waals surface area contributed by atoms with Crippen LogP contribution < -0.4 is 20.7 Å². The van der Waals surface area contributed by atoms with Gasteiger partial charge < -0.3 is 21.2 Å². The third kappa shape index (κ3) is 3.73. The highest BCUT2D eigenvalue weighted by Gasteiger charge is 2.31. The molecule has 1 saturated heterocycles. The molecule has 0 saturated carbocycles. The molecule has 2 aromatic heterocycles. The molecule has 1 atom stereocenters. The number of benzene rings is 1. The van der Waals surface area contributed by atoms with Crippen LogP contribution in [0.2, 0.25) is 0 Å². The molecule has 2 aliphatic heterocycles. The standard InChI is InChI=1S/C25H27ClN6OS/c1-2-14-10-19-22(23(14)26)24(31-8-6-17(27)13-31)30-25(29-19)34-18-4-3-15-9-16-12-28-7-5-20(16)32(33)21(15)11-18/h3-4,9,11,17,28H,2,5-8,10,12-13,27H2,1H3/t17-/m1/s1. The zero-order chi connectivity index (χ0) is 23.4. The second kappa shape index (κ2) is 8.68. The molecule has 3 aliphatic rings. The highest BCUT2D eigenvalue weighted by Crippen LogP contribution is 2.43. The molecule has 1 aliphatic carbocycles. The normalized spacial score (nSPS) is 19.7. The third-order valence-corrected chi connectivity index (χ3v) is 8.35. The molecule has 1 aromatic carbocycles. The monoisotopic (exact) mass is 494 g/mol. The highest BCUT2D eigenvalue weighted by atomic mass is 35.5. The van der Waals surface area contributed by atoms with Crippen molar-refractivity contribution in [2.45, 2.75) is 55.2 Å². The van der Waals surface area contributed by atoms with Gasteiger partial charge in [0.05, 0.1) is 16.3 Å². The van der Waals surface area contributed by atoms with Gasteiger partial charge in [0.25, 0.3) is 0 Å². The van der Waals surface area contributed by atoms with Gasteiger partial charge in [0, 0.05) is 67.0 Å². The third-order valence-electron chi connectivity index (χ3n) is 7.04. The van der Waals surface area contributed by atoms with Crippen LogP contribution >= 0.6 is 23.4 Å². The summed E-state index contributed by atoms with van der Waals surface area (Å²) < 4.78 is 1.10. The van der Waals surface area contributed by atoms with Crippen LogP contribution in [0.15, 0.2) is 39.9 Å². The second-order valence-corrected chi connectivity index (χ2v) is 10.7. The van der Waals surface area contributed by atoms with Crippen LogP contribution in [-0.2, 0) is 19.4 Å². The lowest BCUT2D eigenvalue weighted by Crippen LogP contribution is -2.39. The summed E-state index contributed by atoms with van der Waals surface area (Å²) in [5, 5.41) is 18.9. The van der Waals surface area contributed by atoms with Gasteiger partial charge in [0.1, 0.15) is 5.82 Å². The van der Waals surface area contributed by atoms with E-state index in [0.717, 1.165) is 100 Å². The number of hydrogen-bond donors (Lipinski definition) is 2. The van der Waals surface area contributed by atoms with Gasteiger partial charge in [0.2, 0.25) is 5.52 Å². The Kier molecular flexibility index (Phi) is 5.64. The molecule has 4 heterocycles. The first-order chi connectivity index (χ1) is 16.5. The molecule has 0 unspecified atom stereocenters. The Labute approximate surface area is 208 Å². The largest absolute Gasteiger partial charge is 0.618 e.